The van der Waals surface area contributed by atoms with Gasteiger partial charge in [-0.2, -0.15) is 17.0 Å². The molecule has 1 aliphatic carbocycles. The summed E-state index contributed by atoms with van der Waals surface area (Å²) >= 11 is 0. The maximum absolute atomic E-state index is 13.4. The zero-order chi connectivity index (χ0) is 27.1. The number of piperidine rings is 1. The molecule has 1 N–H and O–H groups in total. The van der Waals surface area contributed by atoms with Crippen molar-refractivity contribution in [3.05, 3.63) is 48.5 Å². The summed E-state index contributed by atoms with van der Waals surface area (Å²) in [7, 11) is -4.45. The number of morpholine rings is 1. The monoisotopic (exact) mass is 562 g/mol. The van der Waals surface area contributed by atoms with Gasteiger partial charge < -0.3 is 9.53 Å². The van der Waals surface area contributed by atoms with Crippen molar-refractivity contribution in [2.75, 3.05) is 45.0 Å². The van der Waals surface area contributed by atoms with Crippen molar-refractivity contribution in [2.45, 2.75) is 48.3 Å². The van der Waals surface area contributed by atoms with Gasteiger partial charge in [0.05, 0.1) is 16.2 Å². The van der Waals surface area contributed by atoms with Gasteiger partial charge in [-0.05, 0) is 61.1 Å². The molecular formula is C26H34N4O6S2. The highest BCUT2D eigenvalue weighted by atomic mass is 32.2. The standard InChI is InChI=1S/C26H34N4O6S2/c1-28(2)38(34,35)27-22-5-3-4-21(16-22)20-6-10-25(11-7-20)37(32,33)30-14-12-26(13-15-30)19-29(23-8-9-23)17-24(18-31)36-26/h3-7,10-11,16,18,23-24,27H,8-9,12-15,17,19H2,1-2H3. The van der Waals surface area contributed by atoms with Crippen LogP contribution in [-0.2, 0) is 29.8 Å². The number of nitrogens with one attached hydrogen (secondary N) is 1. The summed E-state index contributed by atoms with van der Waals surface area (Å²) in [4.78, 5) is 14.1. The number of nitrogens with zero attached hydrogens (tertiary/aromatic N) is 3. The van der Waals surface area contributed by atoms with Crippen molar-refractivity contribution in [1.29, 1.82) is 0 Å². The smallest absolute Gasteiger partial charge is 0.301 e. The van der Waals surface area contributed by atoms with E-state index in [2.05, 4.69) is 9.62 Å². The summed E-state index contributed by atoms with van der Waals surface area (Å²) in [5, 5.41) is 0. The number of sulfonamides is 1. The molecular weight excluding hydrogens is 528 g/mol. The van der Waals surface area contributed by atoms with E-state index in [4.69, 9.17) is 4.74 Å². The average molecular weight is 563 g/mol. The fraction of sp³-hybridized carbons (Fsp3) is 0.500. The van der Waals surface area contributed by atoms with Gasteiger partial charge in [-0.15, -0.1) is 0 Å². The molecule has 12 heteroatoms. The van der Waals surface area contributed by atoms with Crippen molar-refractivity contribution >= 4 is 32.2 Å². The Morgan fingerprint density at radius 3 is 2.29 bits per heavy atom. The largest absolute Gasteiger partial charge is 0.362 e. The minimum Gasteiger partial charge on any atom is -0.362 e. The van der Waals surface area contributed by atoms with Crippen LogP contribution >= 0.6 is 0 Å². The van der Waals surface area contributed by atoms with Gasteiger partial charge in [0.15, 0.2) is 0 Å². The van der Waals surface area contributed by atoms with Crippen LogP contribution in [0.4, 0.5) is 5.69 Å². The molecule has 2 aromatic rings. The summed E-state index contributed by atoms with van der Waals surface area (Å²) in [6.07, 6.45) is 3.80. The van der Waals surface area contributed by atoms with Crippen LogP contribution in [0.3, 0.4) is 0 Å². The predicted molar refractivity (Wildman–Crippen MR) is 144 cm³/mol. The van der Waals surface area contributed by atoms with Gasteiger partial charge in [0.1, 0.15) is 12.4 Å². The lowest BCUT2D eigenvalue weighted by Gasteiger charge is -2.49. The highest BCUT2D eigenvalue weighted by Gasteiger charge is 2.47. The third kappa shape index (κ3) is 5.65. The third-order valence-electron chi connectivity index (χ3n) is 7.57. The molecule has 2 heterocycles. The van der Waals surface area contributed by atoms with E-state index >= 15 is 0 Å². The molecule has 206 valence electrons. The lowest BCUT2D eigenvalue weighted by atomic mass is 9.89. The molecule has 0 bridgehead atoms. The van der Waals surface area contributed by atoms with E-state index in [0.29, 0.717) is 44.2 Å². The summed E-state index contributed by atoms with van der Waals surface area (Å²) in [5.74, 6) is 0. The van der Waals surface area contributed by atoms with E-state index < -0.39 is 31.9 Å². The number of benzene rings is 2. The van der Waals surface area contributed by atoms with Crippen molar-refractivity contribution in [1.82, 2.24) is 13.5 Å². The Morgan fingerprint density at radius 1 is 1.00 bits per heavy atom. The minimum atomic E-state index is -3.70. The van der Waals surface area contributed by atoms with E-state index in [1.165, 1.54) is 18.4 Å². The Balaban J connectivity index is 1.27. The van der Waals surface area contributed by atoms with Crippen LogP contribution in [-0.4, -0.2) is 94.7 Å². The third-order valence-corrected chi connectivity index (χ3v) is 10.9. The van der Waals surface area contributed by atoms with E-state index in [0.717, 1.165) is 41.1 Å². The van der Waals surface area contributed by atoms with E-state index in [1.807, 2.05) is 6.07 Å². The van der Waals surface area contributed by atoms with E-state index in [-0.39, 0.29) is 4.90 Å². The Bertz CT molecular complexity index is 1380. The van der Waals surface area contributed by atoms with Crippen molar-refractivity contribution in [3.8, 4) is 11.1 Å². The maximum Gasteiger partial charge on any atom is 0.301 e. The zero-order valence-electron chi connectivity index (χ0n) is 21.6. The molecule has 10 nitrogen and oxygen atoms in total. The van der Waals surface area contributed by atoms with Crippen LogP contribution in [0.5, 0.6) is 0 Å². The number of hydrogen-bond acceptors (Lipinski definition) is 7. The maximum atomic E-state index is 13.4. The summed E-state index contributed by atoms with van der Waals surface area (Å²) in [6.45, 7) is 2.04. The summed E-state index contributed by atoms with van der Waals surface area (Å²) in [6, 6.07) is 14.1. The molecule has 2 saturated heterocycles. The number of carbonyl (C=O) groups excluding carboxylic acids is 1. The van der Waals surface area contributed by atoms with Gasteiger partial charge in [0.2, 0.25) is 10.0 Å². The second-order valence-corrected chi connectivity index (χ2v) is 14.4. The first-order valence-electron chi connectivity index (χ1n) is 12.8. The Morgan fingerprint density at radius 2 is 1.68 bits per heavy atom. The van der Waals surface area contributed by atoms with Crippen LogP contribution < -0.4 is 4.72 Å². The normalized spacial score (nSPS) is 23.0. The van der Waals surface area contributed by atoms with Gasteiger partial charge >= 0.3 is 10.2 Å². The van der Waals surface area contributed by atoms with E-state index in [9.17, 15) is 21.6 Å². The summed E-state index contributed by atoms with van der Waals surface area (Å²) < 4.78 is 62.4. The second kappa shape index (κ2) is 10.3. The molecule has 5 rings (SSSR count). The van der Waals surface area contributed by atoms with E-state index in [1.54, 1.807) is 42.5 Å². The molecule has 1 atom stereocenters. The molecule has 0 radical (unpaired) electrons. The Kier molecular flexibility index (Phi) is 7.40. The van der Waals surface area contributed by atoms with Gasteiger partial charge in [0, 0.05) is 46.3 Å². The van der Waals surface area contributed by atoms with Crippen LogP contribution in [0.2, 0.25) is 0 Å². The molecule has 3 fully saturated rings. The van der Waals surface area contributed by atoms with Crippen molar-refractivity contribution < 1.29 is 26.4 Å². The van der Waals surface area contributed by atoms with Gasteiger partial charge in [0.25, 0.3) is 0 Å². The Labute approximate surface area is 224 Å². The Hall–Kier alpha value is -2.35. The van der Waals surface area contributed by atoms with Crippen molar-refractivity contribution in [3.63, 3.8) is 0 Å². The average Bonchev–Trinajstić information content (AvgIpc) is 3.74. The van der Waals surface area contributed by atoms with Gasteiger partial charge in [-0.1, -0.05) is 24.3 Å². The quantitative estimate of drug-likeness (QED) is 0.490. The first-order valence-corrected chi connectivity index (χ1v) is 15.7. The molecule has 2 aromatic carbocycles. The fourth-order valence-corrected chi connectivity index (χ4v) is 7.28. The zero-order valence-corrected chi connectivity index (χ0v) is 23.2. The highest BCUT2D eigenvalue weighted by molar-refractivity contribution is 7.90. The molecule has 0 amide bonds. The minimum absolute atomic E-state index is 0.205. The van der Waals surface area contributed by atoms with Gasteiger partial charge in [-0.25, -0.2) is 8.42 Å². The lowest BCUT2D eigenvalue weighted by molar-refractivity contribution is -0.174. The second-order valence-electron chi connectivity index (χ2n) is 10.5. The molecule has 38 heavy (non-hydrogen) atoms. The lowest BCUT2D eigenvalue weighted by Crippen LogP contribution is -2.60. The predicted octanol–water partition coefficient (Wildman–Crippen LogP) is 2.16. The first-order chi connectivity index (χ1) is 18.0. The van der Waals surface area contributed by atoms with Crippen LogP contribution in [0.25, 0.3) is 11.1 Å². The molecule has 0 aromatic heterocycles. The number of anilines is 1. The number of carbonyl (C=O) groups is 1. The SMILES string of the molecule is CN(C)S(=O)(=O)Nc1cccc(-c2ccc(S(=O)(=O)N3CCC4(CC3)CN(C3CC3)CC(C=O)O4)cc2)c1. The molecule has 1 unspecified atom stereocenters. The first kappa shape index (κ1) is 27.2. The molecule has 2 aliphatic heterocycles. The highest BCUT2D eigenvalue weighted by Crippen LogP contribution is 2.38. The number of aldehydes is 1. The van der Waals surface area contributed by atoms with Crippen molar-refractivity contribution in [2.24, 2.45) is 0 Å². The summed E-state index contributed by atoms with van der Waals surface area (Å²) in [5.41, 5.74) is 1.45. The van der Waals surface area contributed by atoms with Crippen LogP contribution in [0.1, 0.15) is 25.7 Å². The molecule has 1 spiro atoms. The van der Waals surface area contributed by atoms with Gasteiger partial charge in [-0.3, -0.25) is 9.62 Å². The molecule has 1 saturated carbocycles. The number of hydrogen-bond donors (Lipinski definition) is 1. The molecule has 3 aliphatic rings. The fourth-order valence-electron chi connectivity index (χ4n) is 5.23. The number of rotatable bonds is 8. The van der Waals surface area contributed by atoms with Crippen LogP contribution in [0.15, 0.2) is 53.4 Å². The van der Waals surface area contributed by atoms with Crippen LogP contribution in [0, 0.1) is 0 Å². The topological polar surface area (TPSA) is 116 Å². The number of ether oxygens (including phenoxy) is 1.